The van der Waals surface area contributed by atoms with Crippen molar-refractivity contribution in [2.45, 2.75) is 32.9 Å². The Bertz CT molecular complexity index is 1590. The highest BCUT2D eigenvalue weighted by Crippen LogP contribution is 2.47. The quantitative estimate of drug-likeness (QED) is 0.361. The average molecular weight is 539 g/mol. The number of H-pyrrole nitrogens is 1. The van der Waals surface area contributed by atoms with Crippen molar-refractivity contribution in [3.05, 3.63) is 85.6 Å². The molecule has 0 saturated carbocycles. The molecule has 1 atom stereocenters. The Morgan fingerprint density at radius 1 is 1.11 bits per heavy atom. The smallest absolute Gasteiger partial charge is 0.266 e. The molecule has 0 bridgehead atoms. The van der Waals surface area contributed by atoms with E-state index in [0.717, 1.165) is 11.3 Å². The zero-order valence-electron chi connectivity index (χ0n) is 20.5. The molecule has 1 aliphatic heterocycles. The molecule has 0 saturated heterocycles. The number of fused-ring (bicyclic) bond motifs is 1. The lowest BCUT2D eigenvalue weighted by Gasteiger charge is -2.29. The average Bonchev–Trinajstić information content (AvgIpc) is 3.36. The summed E-state index contributed by atoms with van der Waals surface area (Å²) in [4.78, 5) is 38.9. The molecule has 1 aliphatic rings. The number of methoxy groups -OCH3 is 1. The molecule has 37 heavy (non-hydrogen) atoms. The van der Waals surface area contributed by atoms with Crippen molar-refractivity contribution in [3.8, 4) is 17.1 Å². The molecule has 11 heteroatoms. The van der Waals surface area contributed by atoms with Gasteiger partial charge >= 0.3 is 0 Å². The van der Waals surface area contributed by atoms with E-state index in [9.17, 15) is 9.59 Å². The number of hydrogen-bond donors (Lipinski definition) is 2. The van der Waals surface area contributed by atoms with E-state index in [1.807, 2.05) is 30.5 Å². The van der Waals surface area contributed by atoms with Gasteiger partial charge in [0.2, 0.25) is 5.88 Å². The number of nitrogens with one attached hydrogen (secondary N) is 1. The molecule has 0 spiro atoms. The maximum atomic E-state index is 14.0. The topological polar surface area (TPSA) is 119 Å². The van der Waals surface area contributed by atoms with Crippen LogP contribution < -0.4 is 20.9 Å². The van der Waals surface area contributed by atoms with E-state index in [2.05, 4.69) is 15.0 Å². The molecule has 1 aromatic carbocycles. The Hall–Kier alpha value is -3.82. The summed E-state index contributed by atoms with van der Waals surface area (Å²) >= 11 is 12.3. The second kappa shape index (κ2) is 9.24. The molecule has 1 amide bonds. The number of aromatic amines is 1. The van der Waals surface area contributed by atoms with Crippen LogP contribution in [-0.4, -0.2) is 32.5 Å². The van der Waals surface area contributed by atoms with Crippen LogP contribution in [0.2, 0.25) is 10.0 Å². The minimum Gasteiger partial charge on any atom is -0.480 e. The number of carbonyl (C=O) groups excluding carboxylic acids is 1. The predicted octanol–water partition coefficient (Wildman–Crippen LogP) is 5.17. The third-order valence-electron chi connectivity index (χ3n) is 6.33. The molecule has 0 radical (unpaired) electrons. The lowest BCUT2D eigenvalue weighted by atomic mass is 10.0. The standard InChI is InChI=1S/C26H24Cl2N6O3/c1-12(2)33-19(20-23(29)31-13(3)32-25(20)37-4)10-17-22(33)21(14-5-7-15(27)8-6-14)34(26(17)36)16-9-18(28)24(35)30-11-16/h5-12,21H,1-4H3,(H,30,35)(H2,29,31,32). The Kier molecular flexibility index (Phi) is 6.21. The molecule has 3 N–H and O–H groups in total. The first-order valence-corrected chi connectivity index (χ1v) is 12.3. The molecular formula is C26H24Cl2N6O3. The fraction of sp³-hybridized carbons (Fsp3) is 0.231. The highest BCUT2D eigenvalue weighted by atomic mass is 35.5. The van der Waals surface area contributed by atoms with Crippen molar-refractivity contribution in [2.75, 3.05) is 17.7 Å². The summed E-state index contributed by atoms with van der Waals surface area (Å²) in [5.41, 5.74) is 9.62. The number of anilines is 2. The van der Waals surface area contributed by atoms with Crippen LogP contribution >= 0.6 is 23.2 Å². The summed E-state index contributed by atoms with van der Waals surface area (Å²) in [5.74, 6) is 0.791. The Labute approximate surface area is 222 Å². The van der Waals surface area contributed by atoms with Gasteiger partial charge in [-0.2, -0.15) is 4.98 Å². The van der Waals surface area contributed by atoms with Crippen molar-refractivity contribution >= 4 is 40.6 Å². The number of aryl methyl sites for hydroxylation is 1. The second-order valence-electron chi connectivity index (χ2n) is 9.00. The fourth-order valence-corrected chi connectivity index (χ4v) is 5.16. The number of carbonyl (C=O) groups is 1. The van der Waals surface area contributed by atoms with Gasteiger partial charge in [-0.15, -0.1) is 0 Å². The summed E-state index contributed by atoms with van der Waals surface area (Å²) < 4.78 is 7.61. The van der Waals surface area contributed by atoms with Crippen molar-refractivity contribution in [2.24, 2.45) is 0 Å². The first-order chi connectivity index (χ1) is 17.6. The SMILES string of the molecule is COc1nc(C)nc(N)c1-c1cc2c(n1C(C)C)C(c1ccc(Cl)cc1)N(c1c[nH]c(=O)c(Cl)c1)C2=O. The van der Waals surface area contributed by atoms with Crippen molar-refractivity contribution in [3.63, 3.8) is 0 Å². The Balaban J connectivity index is 1.81. The number of pyridine rings is 1. The summed E-state index contributed by atoms with van der Waals surface area (Å²) in [6, 6.07) is 9.95. The van der Waals surface area contributed by atoms with Crippen molar-refractivity contribution < 1.29 is 9.53 Å². The van der Waals surface area contributed by atoms with Gasteiger partial charge in [0, 0.05) is 17.3 Å². The van der Waals surface area contributed by atoms with Crippen LogP contribution in [0, 0.1) is 6.92 Å². The molecule has 5 rings (SSSR count). The van der Waals surface area contributed by atoms with Crippen LogP contribution in [0.1, 0.15) is 53.4 Å². The van der Waals surface area contributed by atoms with E-state index in [1.165, 1.54) is 19.4 Å². The van der Waals surface area contributed by atoms with Crippen LogP contribution in [0.25, 0.3) is 11.3 Å². The number of hydrogen-bond acceptors (Lipinski definition) is 6. The van der Waals surface area contributed by atoms with E-state index in [1.54, 1.807) is 30.0 Å². The van der Waals surface area contributed by atoms with Gasteiger partial charge in [0.05, 0.1) is 29.7 Å². The highest BCUT2D eigenvalue weighted by molar-refractivity contribution is 6.31. The molecule has 4 aromatic rings. The van der Waals surface area contributed by atoms with Crippen LogP contribution in [0.15, 0.2) is 47.4 Å². The lowest BCUT2D eigenvalue weighted by molar-refractivity contribution is 0.0993. The van der Waals surface area contributed by atoms with E-state index < -0.39 is 11.6 Å². The maximum absolute atomic E-state index is 14.0. The first kappa shape index (κ1) is 24.9. The highest BCUT2D eigenvalue weighted by Gasteiger charge is 2.44. The molecule has 9 nitrogen and oxygen atoms in total. The number of nitrogens with two attached hydrogens (primary N) is 1. The molecule has 4 heterocycles. The van der Waals surface area contributed by atoms with Gasteiger partial charge in [-0.25, -0.2) is 4.98 Å². The first-order valence-electron chi connectivity index (χ1n) is 11.5. The van der Waals surface area contributed by atoms with Gasteiger partial charge in [-0.1, -0.05) is 35.3 Å². The van der Waals surface area contributed by atoms with E-state index >= 15 is 0 Å². The van der Waals surface area contributed by atoms with Gasteiger partial charge in [0.15, 0.2) is 0 Å². The summed E-state index contributed by atoms with van der Waals surface area (Å²) in [6.07, 6.45) is 1.48. The second-order valence-corrected chi connectivity index (χ2v) is 9.84. The van der Waals surface area contributed by atoms with Gasteiger partial charge in [0.25, 0.3) is 11.5 Å². The van der Waals surface area contributed by atoms with E-state index in [-0.39, 0.29) is 22.8 Å². The number of rotatable bonds is 5. The zero-order chi connectivity index (χ0) is 26.6. The van der Waals surface area contributed by atoms with E-state index in [4.69, 9.17) is 33.7 Å². The molecular weight excluding hydrogens is 515 g/mol. The zero-order valence-corrected chi connectivity index (χ0v) is 22.1. The van der Waals surface area contributed by atoms with Crippen LogP contribution in [0.3, 0.4) is 0 Å². The van der Waals surface area contributed by atoms with Crippen LogP contribution in [0.5, 0.6) is 5.88 Å². The van der Waals surface area contributed by atoms with Crippen LogP contribution in [-0.2, 0) is 0 Å². The Morgan fingerprint density at radius 2 is 1.81 bits per heavy atom. The number of nitrogen functional groups attached to an aromatic ring is 1. The fourth-order valence-electron chi connectivity index (χ4n) is 4.87. The van der Waals surface area contributed by atoms with Gasteiger partial charge in [-0.3, -0.25) is 14.5 Å². The minimum atomic E-state index is -0.545. The molecule has 0 fully saturated rings. The number of ether oxygens (including phenoxy) is 1. The van der Waals surface area contributed by atoms with Gasteiger partial charge < -0.3 is 20.0 Å². The minimum absolute atomic E-state index is 0.0153. The molecule has 0 aliphatic carbocycles. The number of nitrogens with zero attached hydrogens (tertiary/aromatic N) is 4. The van der Waals surface area contributed by atoms with Gasteiger partial charge in [-0.05, 0) is 50.6 Å². The number of amides is 1. The van der Waals surface area contributed by atoms with Crippen LogP contribution in [0.4, 0.5) is 11.5 Å². The van der Waals surface area contributed by atoms with E-state index in [0.29, 0.717) is 39.2 Å². The number of halogens is 2. The summed E-state index contributed by atoms with van der Waals surface area (Å²) in [6.45, 7) is 5.77. The summed E-state index contributed by atoms with van der Waals surface area (Å²) in [5, 5.41) is 0.555. The molecule has 1 unspecified atom stereocenters. The monoisotopic (exact) mass is 538 g/mol. The Morgan fingerprint density at radius 3 is 2.43 bits per heavy atom. The summed E-state index contributed by atoms with van der Waals surface area (Å²) in [7, 11) is 1.52. The normalized spacial score (nSPS) is 14.9. The third-order valence-corrected chi connectivity index (χ3v) is 6.86. The van der Waals surface area contributed by atoms with Crippen molar-refractivity contribution in [1.82, 2.24) is 19.5 Å². The predicted molar refractivity (Wildman–Crippen MR) is 144 cm³/mol. The molecule has 190 valence electrons. The number of aromatic nitrogens is 4. The van der Waals surface area contributed by atoms with Crippen molar-refractivity contribution in [1.29, 1.82) is 0 Å². The molecule has 3 aromatic heterocycles. The lowest BCUT2D eigenvalue weighted by Crippen LogP contribution is -2.30. The van der Waals surface area contributed by atoms with Gasteiger partial charge in [0.1, 0.15) is 28.3 Å². The number of benzene rings is 1. The maximum Gasteiger partial charge on any atom is 0.266 e. The largest absolute Gasteiger partial charge is 0.480 e. The third kappa shape index (κ3) is 4.04.